The lowest BCUT2D eigenvalue weighted by Crippen LogP contribution is -1.64. The lowest BCUT2D eigenvalue weighted by Gasteiger charge is -1.90. The van der Waals surface area contributed by atoms with Crippen LogP contribution < -0.4 is 0 Å². The molecule has 0 aliphatic carbocycles. The van der Waals surface area contributed by atoms with Crippen LogP contribution in [0.2, 0.25) is 0 Å². The Hall–Kier alpha value is -0.570. The molecule has 0 radical (unpaired) electrons. The van der Waals surface area contributed by atoms with Gasteiger partial charge in [-0.1, -0.05) is 0 Å². The molecule has 2 heterocycles. The van der Waals surface area contributed by atoms with Gasteiger partial charge in [0.15, 0.2) is 0 Å². The highest BCUT2D eigenvalue weighted by Crippen LogP contribution is 2.34. The fraction of sp³-hybridized carbons (Fsp3) is 0.0909. The van der Waals surface area contributed by atoms with E-state index in [1.165, 1.54) is 25.0 Å². The summed E-state index contributed by atoms with van der Waals surface area (Å²) in [6.07, 6.45) is 0. The van der Waals surface area contributed by atoms with Gasteiger partial charge >= 0.3 is 0 Å². The predicted molar refractivity (Wildman–Crippen MR) is 66.8 cm³/mol. The molecule has 0 N–H and O–H groups in total. The quantitative estimate of drug-likeness (QED) is 0.532. The number of halogens is 1. The lowest BCUT2D eigenvalue weighted by atomic mass is 10.2. The van der Waals surface area contributed by atoms with E-state index < -0.39 is 0 Å². The largest absolute Gasteiger partial charge is 0.144 e. The van der Waals surface area contributed by atoms with Gasteiger partial charge in [-0.25, -0.2) is 0 Å². The molecule has 0 nitrogen and oxygen atoms in total. The van der Waals surface area contributed by atoms with Gasteiger partial charge in [-0.15, -0.1) is 34.3 Å². The van der Waals surface area contributed by atoms with E-state index in [9.17, 15) is 0 Å². The zero-order valence-electron chi connectivity index (χ0n) is 7.29. The highest BCUT2D eigenvalue weighted by molar-refractivity contribution is 7.20. The summed E-state index contributed by atoms with van der Waals surface area (Å²) >= 11 is 9.42. The first-order valence-electron chi connectivity index (χ1n) is 4.33. The Balaban J connectivity index is 2.49. The van der Waals surface area contributed by atoms with Gasteiger partial charge in [-0.05, 0) is 29.6 Å². The number of rotatable bonds is 1. The summed E-state index contributed by atoms with van der Waals surface area (Å²) in [7, 11) is 0. The fourth-order valence-corrected chi connectivity index (χ4v) is 3.65. The number of hydrogen-bond acceptors (Lipinski definition) is 2. The topological polar surface area (TPSA) is 0 Å². The molecule has 0 bridgehead atoms. The Morgan fingerprint density at radius 1 is 1.07 bits per heavy atom. The molecule has 0 spiro atoms. The number of hydrogen-bond donors (Lipinski definition) is 0. The van der Waals surface area contributed by atoms with Crippen molar-refractivity contribution in [2.24, 2.45) is 0 Å². The van der Waals surface area contributed by atoms with Crippen LogP contribution >= 0.6 is 34.3 Å². The molecular weight excluding hydrogens is 232 g/mol. The molecule has 1 aromatic carbocycles. The number of benzene rings is 1. The summed E-state index contributed by atoms with van der Waals surface area (Å²) in [5.41, 5.74) is 0. The molecule has 14 heavy (non-hydrogen) atoms. The SMILES string of the molecule is ClCc1cc2c(ccc3sccc32)s1. The van der Waals surface area contributed by atoms with Gasteiger partial charge in [0.25, 0.3) is 0 Å². The van der Waals surface area contributed by atoms with Crippen molar-refractivity contribution in [1.29, 1.82) is 0 Å². The van der Waals surface area contributed by atoms with Gasteiger partial charge in [-0.3, -0.25) is 0 Å². The maximum absolute atomic E-state index is 5.84. The Morgan fingerprint density at radius 2 is 1.93 bits per heavy atom. The normalized spacial score (nSPS) is 11.5. The van der Waals surface area contributed by atoms with Gasteiger partial charge in [0.2, 0.25) is 0 Å². The second kappa shape index (κ2) is 3.23. The maximum atomic E-state index is 5.84. The van der Waals surface area contributed by atoms with Crippen LogP contribution in [0.25, 0.3) is 20.2 Å². The van der Waals surface area contributed by atoms with E-state index in [0.717, 1.165) is 0 Å². The molecule has 0 saturated heterocycles. The lowest BCUT2D eigenvalue weighted by molar-refractivity contribution is 1.54. The molecule has 0 aliphatic heterocycles. The summed E-state index contributed by atoms with van der Waals surface area (Å²) in [5, 5.41) is 4.85. The molecule has 0 aliphatic rings. The van der Waals surface area contributed by atoms with E-state index in [1.54, 1.807) is 22.7 Å². The highest BCUT2D eigenvalue weighted by atomic mass is 35.5. The number of alkyl halides is 1. The third kappa shape index (κ3) is 1.18. The second-order valence-electron chi connectivity index (χ2n) is 3.16. The third-order valence-corrected chi connectivity index (χ3v) is 4.74. The van der Waals surface area contributed by atoms with Crippen LogP contribution in [0.3, 0.4) is 0 Å². The Morgan fingerprint density at radius 3 is 2.79 bits per heavy atom. The van der Waals surface area contributed by atoms with E-state index >= 15 is 0 Å². The molecule has 0 saturated carbocycles. The van der Waals surface area contributed by atoms with Crippen LogP contribution in [0.15, 0.2) is 29.6 Å². The minimum atomic E-state index is 0.616. The zero-order chi connectivity index (χ0) is 9.54. The Labute approximate surface area is 94.7 Å². The summed E-state index contributed by atoms with van der Waals surface area (Å²) in [4.78, 5) is 1.25. The average molecular weight is 239 g/mol. The molecule has 3 heteroatoms. The van der Waals surface area contributed by atoms with Crippen molar-refractivity contribution in [3.8, 4) is 0 Å². The van der Waals surface area contributed by atoms with Crippen molar-refractivity contribution in [3.63, 3.8) is 0 Å². The third-order valence-electron chi connectivity index (χ3n) is 2.31. The van der Waals surface area contributed by atoms with Crippen LogP contribution in [-0.2, 0) is 5.88 Å². The van der Waals surface area contributed by atoms with Gasteiger partial charge in [0.1, 0.15) is 0 Å². The molecule has 0 fully saturated rings. The van der Waals surface area contributed by atoms with Crippen molar-refractivity contribution in [3.05, 3.63) is 34.5 Å². The second-order valence-corrected chi connectivity index (χ2v) is 5.54. The fourth-order valence-electron chi connectivity index (χ4n) is 1.68. The van der Waals surface area contributed by atoms with E-state index in [4.69, 9.17) is 11.6 Å². The van der Waals surface area contributed by atoms with Crippen molar-refractivity contribution in [1.82, 2.24) is 0 Å². The average Bonchev–Trinajstić information content (AvgIpc) is 2.82. The standard InChI is InChI=1S/C11H7ClS2/c12-6-7-5-9-8-3-4-13-10(8)1-2-11(9)14-7/h1-5H,6H2. The van der Waals surface area contributed by atoms with E-state index in [1.807, 2.05) is 0 Å². The van der Waals surface area contributed by atoms with Gasteiger partial charge in [-0.2, -0.15) is 0 Å². The zero-order valence-corrected chi connectivity index (χ0v) is 9.68. The minimum Gasteiger partial charge on any atom is -0.144 e. The van der Waals surface area contributed by atoms with Crippen LogP contribution in [0.5, 0.6) is 0 Å². The van der Waals surface area contributed by atoms with Gasteiger partial charge < -0.3 is 0 Å². The Kier molecular flexibility index (Phi) is 2.01. The molecule has 0 unspecified atom stereocenters. The molecule has 0 atom stereocenters. The molecule has 70 valence electrons. The van der Waals surface area contributed by atoms with Crippen LogP contribution in [-0.4, -0.2) is 0 Å². The predicted octanol–water partition coefficient (Wildman–Crippen LogP) is 4.85. The summed E-state index contributed by atoms with van der Waals surface area (Å²) in [6, 6.07) is 8.78. The number of thiophene rings is 2. The first-order valence-corrected chi connectivity index (χ1v) is 6.56. The molecule has 0 amide bonds. The van der Waals surface area contributed by atoms with Gasteiger partial charge in [0.05, 0.1) is 5.88 Å². The summed E-state index contributed by atoms with van der Waals surface area (Å²) in [6.45, 7) is 0. The molecular formula is C11H7ClS2. The van der Waals surface area contributed by atoms with Crippen LogP contribution in [0.1, 0.15) is 4.88 Å². The van der Waals surface area contributed by atoms with E-state index in [0.29, 0.717) is 5.88 Å². The summed E-state index contributed by atoms with van der Waals surface area (Å²) < 4.78 is 2.70. The van der Waals surface area contributed by atoms with Crippen molar-refractivity contribution >= 4 is 54.4 Å². The first kappa shape index (κ1) is 8.72. The maximum Gasteiger partial charge on any atom is 0.0568 e. The minimum absolute atomic E-state index is 0.616. The van der Waals surface area contributed by atoms with E-state index in [2.05, 4.69) is 29.6 Å². The van der Waals surface area contributed by atoms with Crippen molar-refractivity contribution < 1.29 is 0 Å². The highest BCUT2D eigenvalue weighted by Gasteiger charge is 2.05. The Bertz CT molecular complexity index is 591. The van der Waals surface area contributed by atoms with E-state index in [-0.39, 0.29) is 0 Å². The summed E-state index contributed by atoms with van der Waals surface area (Å²) in [5.74, 6) is 0.616. The van der Waals surface area contributed by atoms with Crippen molar-refractivity contribution in [2.45, 2.75) is 5.88 Å². The molecule has 3 aromatic rings. The smallest absolute Gasteiger partial charge is 0.0568 e. The van der Waals surface area contributed by atoms with Crippen molar-refractivity contribution in [2.75, 3.05) is 0 Å². The van der Waals surface area contributed by atoms with Crippen LogP contribution in [0, 0.1) is 0 Å². The monoisotopic (exact) mass is 238 g/mol. The van der Waals surface area contributed by atoms with Gasteiger partial charge in [0, 0.05) is 25.0 Å². The molecule has 3 rings (SSSR count). The first-order chi connectivity index (χ1) is 6.88. The molecule has 2 aromatic heterocycles. The van der Waals surface area contributed by atoms with Crippen LogP contribution in [0.4, 0.5) is 0 Å². The number of fused-ring (bicyclic) bond motifs is 3.